The fourth-order valence-electron chi connectivity index (χ4n) is 1.08. The van der Waals surface area contributed by atoms with E-state index >= 15 is 0 Å². The predicted octanol–water partition coefficient (Wildman–Crippen LogP) is 3.89. The van der Waals surface area contributed by atoms with Crippen molar-refractivity contribution in [2.24, 2.45) is 0 Å². The summed E-state index contributed by atoms with van der Waals surface area (Å²) in [5, 5.41) is 8.43. The lowest BCUT2D eigenvalue weighted by molar-refractivity contribution is 1.48. The van der Waals surface area contributed by atoms with Gasteiger partial charge in [0.25, 0.3) is 0 Å². The maximum Gasteiger partial charge on any atom is 0.0991 e. The topological polar surface area (TPSA) is 23.8 Å². The molecule has 0 aliphatic rings. The van der Waals surface area contributed by atoms with Gasteiger partial charge in [-0.1, -0.05) is 61.2 Å². The molecule has 0 heterocycles. The highest BCUT2D eigenvalue weighted by atomic mass is 14.2. The van der Waals surface area contributed by atoms with E-state index in [0.717, 1.165) is 5.56 Å². The van der Waals surface area contributed by atoms with Crippen LogP contribution in [0.2, 0.25) is 0 Å². The van der Waals surface area contributed by atoms with Crippen molar-refractivity contribution >= 4 is 6.08 Å². The Bertz CT molecular complexity index is 422. The fraction of sp³-hybridized carbons (Fsp3) is 0. The van der Waals surface area contributed by atoms with Gasteiger partial charge in [-0.15, -0.1) is 0 Å². The molecule has 0 fully saturated rings. The first-order chi connectivity index (χ1) is 7.86. The van der Waals surface area contributed by atoms with Crippen LogP contribution in [-0.2, 0) is 0 Å². The van der Waals surface area contributed by atoms with Crippen molar-refractivity contribution in [3.8, 4) is 6.07 Å². The van der Waals surface area contributed by atoms with Gasteiger partial charge in [0.15, 0.2) is 0 Å². The molecule has 0 aromatic heterocycles. The van der Waals surface area contributed by atoms with Crippen LogP contribution >= 0.6 is 0 Å². The van der Waals surface area contributed by atoms with Crippen LogP contribution in [0.5, 0.6) is 0 Å². The standard InChI is InChI=1S/C9H7N.C6H6/c1-2-8-3-5-9(7-10)6-4-8;1-2-4-6-5-3-1/h2-6H,1H2;1-6H. The zero-order valence-electron chi connectivity index (χ0n) is 9.01. The summed E-state index contributed by atoms with van der Waals surface area (Å²) in [4.78, 5) is 0. The molecule has 0 atom stereocenters. The number of nitrogens with zero attached hydrogens (tertiary/aromatic N) is 1. The molecule has 1 heteroatoms. The molecule has 0 amide bonds. The van der Waals surface area contributed by atoms with Crippen LogP contribution in [0.25, 0.3) is 6.08 Å². The summed E-state index contributed by atoms with van der Waals surface area (Å²) in [6.45, 7) is 3.60. The SMILES string of the molecule is C=Cc1ccc(C#N)cc1.c1ccccc1. The van der Waals surface area contributed by atoms with Crippen molar-refractivity contribution in [3.63, 3.8) is 0 Å². The van der Waals surface area contributed by atoms with Crippen molar-refractivity contribution in [1.29, 1.82) is 5.26 Å². The van der Waals surface area contributed by atoms with E-state index in [9.17, 15) is 0 Å². The van der Waals surface area contributed by atoms with Gasteiger partial charge in [0, 0.05) is 0 Å². The minimum absolute atomic E-state index is 0.686. The summed E-state index contributed by atoms with van der Waals surface area (Å²) in [5.74, 6) is 0. The third-order valence-electron chi connectivity index (χ3n) is 1.94. The number of hydrogen-bond donors (Lipinski definition) is 0. The van der Waals surface area contributed by atoms with Crippen molar-refractivity contribution in [3.05, 3.63) is 78.4 Å². The first-order valence-electron chi connectivity index (χ1n) is 4.99. The second-order valence-electron chi connectivity index (χ2n) is 3.09. The Hall–Kier alpha value is -2.33. The maximum absolute atomic E-state index is 8.43. The van der Waals surface area contributed by atoms with E-state index < -0.39 is 0 Å². The van der Waals surface area contributed by atoms with Gasteiger partial charge in [-0.2, -0.15) is 5.26 Å². The van der Waals surface area contributed by atoms with E-state index in [0.29, 0.717) is 5.56 Å². The molecule has 0 saturated carbocycles. The normalized spacial score (nSPS) is 8.19. The fourth-order valence-corrected chi connectivity index (χ4v) is 1.08. The Morgan fingerprint density at radius 1 is 0.875 bits per heavy atom. The molecule has 0 N–H and O–H groups in total. The van der Waals surface area contributed by atoms with Crippen LogP contribution < -0.4 is 0 Å². The third kappa shape index (κ3) is 4.26. The lowest BCUT2D eigenvalue weighted by atomic mass is 10.1. The lowest BCUT2D eigenvalue weighted by Crippen LogP contribution is -1.73. The quantitative estimate of drug-likeness (QED) is 0.696. The van der Waals surface area contributed by atoms with Gasteiger partial charge in [-0.3, -0.25) is 0 Å². The first kappa shape index (κ1) is 11.7. The van der Waals surface area contributed by atoms with Crippen LogP contribution in [0.15, 0.2) is 67.2 Å². The second kappa shape index (κ2) is 7.03. The lowest BCUT2D eigenvalue weighted by Gasteiger charge is -1.89. The Balaban J connectivity index is 0.000000181. The molecule has 0 aliphatic heterocycles. The molecular weight excluding hydrogens is 194 g/mol. The Morgan fingerprint density at radius 2 is 1.31 bits per heavy atom. The van der Waals surface area contributed by atoms with Crippen molar-refractivity contribution in [2.75, 3.05) is 0 Å². The van der Waals surface area contributed by atoms with Crippen molar-refractivity contribution < 1.29 is 0 Å². The van der Waals surface area contributed by atoms with Gasteiger partial charge in [0.2, 0.25) is 0 Å². The molecule has 1 nitrogen and oxygen atoms in total. The number of nitriles is 1. The summed E-state index contributed by atoms with van der Waals surface area (Å²) in [6.07, 6.45) is 1.75. The summed E-state index contributed by atoms with van der Waals surface area (Å²) in [5.41, 5.74) is 1.73. The maximum atomic E-state index is 8.43. The van der Waals surface area contributed by atoms with E-state index in [4.69, 9.17) is 5.26 Å². The Kier molecular flexibility index (Phi) is 5.16. The van der Waals surface area contributed by atoms with Crippen LogP contribution in [0.1, 0.15) is 11.1 Å². The molecule has 0 unspecified atom stereocenters. The molecule has 2 rings (SSSR count). The van der Waals surface area contributed by atoms with Crippen LogP contribution in [0, 0.1) is 11.3 Å². The second-order valence-corrected chi connectivity index (χ2v) is 3.09. The van der Waals surface area contributed by atoms with Gasteiger partial charge in [-0.05, 0) is 17.7 Å². The van der Waals surface area contributed by atoms with Gasteiger partial charge in [0.05, 0.1) is 11.6 Å². The van der Waals surface area contributed by atoms with E-state index in [-0.39, 0.29) is 0 Å². The van der Waals surface area contributed by atoms with Gasteiger partial charge in [-0.25, -0.2) is 0 Å². The van der Waals surface area contributed by atoms with E-state index in [2.05, 4.69) is 6.58 Å². The van der Waals surface area contributed by atoms with Gasteiger partial charge in [0.1, 0.15) is 0 Å². The smallest absolute Gasteiger partial charge is 0.0991 e. The zero-order chi connectivity index (χ0) is 11.6. The van der Waals surface area contributed by atoms with Crippen LogP contribution in [0.3, 0.4) is 0 Å². The molecule has 0 radical (unpaired) electrons. The minimum atomic E-state index is 0.686. The number of hydrogen-bond acceptors (Lipinski definition) is 1. The van der Waals surface area contributed by atoms with Gasteiger partial charge < -0.3 is 0 Å². The molecule has 0 spiro atoms. The van der Waals surface area contributed by atoms with Crippen molar-refractivity contribution in [2.45, 2.75) is 0 Å². The van der Waals surface area contributed by atoms with Gasteiger partial charge >= 0.3 is 0 Å². The molecular formula is C15H13N. The number of benzene rings is 2. The molecule has 2 aromatic rings. The summed E-state index contributed by atoms with van der Waals surface area (Å²) < 4.78 is 0. The summed E-state index contributed by atoms with van der Waals surface area (Å²) in [6, 6.07) is 21.3. The minimum Gasteiger partial charge on any atom is -0.192 e. The molecule has 0 saturated heterocycles. The molecule has 2 aromatic carbocycles. The Labute approximate surface area is 96.3 Å². The largest absolute Gasteiger partial charge is 0.192 e. The van der Waals surface area contributed by atoms with Crippen LogP contribution in [-0.4, -0.2) is 0 Å². The third-order valence-corrected chi connectivity index (χ3v) is 1.94. The van der Waals surface area contributed by atoms with E-state index in [1.54, 1.807) is 18.2 Å². The first-order valence-corrected chi connectivity index (χ1v) is 4.99. The highest BCUT2D eigenvalue weighted by Crippen LogP contribution is 2.03. The predicted molar refractivity (Wildman–Crippen MR) is 67.7 cm³/mol. The van der Waals surface area contributed by atoms with E-state index in [1.165, 1.54) is 0 Å². The molecule has 0 aliphatic carbocycles. The molecule has 0 bridgehead atoms. The molecule has 78 valence electrons. The average molecular weight is 207 g/mol. The van der Waals surface area contributed by atoms with Crippen molar-refractivity contribution in [1.82, 2.24) is 0 Å². The van der Waals surface area contributed by atoms with Crippen LogP contribution in [0.4, 0.5) is 0 Å². The molecule has 16 heavy (non-hydrogen) atoms. The average Bonchev–Trinajstić information content (AvgIpc) is 2.41. The number of rotatable bonds is 1. The summed E-state index contributed by atoms with van der Waals surface area (Å²) >= 11 is 0. The monoisotopic (exact) mass is 207 g/mol. The highest BCUT2D eigenvalue weighted by molar-refractivity contribution is 5.48. The zero-order valence-corrected chi connectivity index (χ0v) is 9.01. The summed E-state index contributed by atoms with van der Waals surface area (Å²) in [7, 11) is 0. The Morgan fingerprint density at radius 3 is 1.62 bits per heavy atom. The van der Waals surface area contributed by atoms with E-state index in [1.807, 2.05) is 54.6 Å². The highest BCUT2D eigenvalue weighted by Gasteiger charge is 1.86.